The van der Waals surface area contributed by atoms with Crippen LogP contribution in [0.15, 0.2) is 66.2 Å². The van der Waals surface area contributed by atoms with Gasteiger partial charge in [0, 0.05) is 10.7 Å². The van der Waals surface area contributed by atoms with E-state index in [1.165, 1.54) is 18.2 Å². The van der Waals surface area contributed by atoms with Gasteiger partial charge < -0.3 is 10.1 Å². The third kappa shape index (κ3) is 6.11. The maximum atomic E-state index is 13.1. The summed E-state index contributed by atoms with van der Waals surface area (Å²) in [5.74, 6) is -1.61. The van der Waals surface area contributed by atoms with Crippen LogP contribution in [0, 0.1) is 6.92 Å². The first-order valence-electron chi connectivity index (χ1n) is 10.8. The molecule has 188 valence electrons. The highest BCUT2D eigenvalue weighted by molar-refractivity contribution is 6.42. The van der Waals surface area contributed by atoms with Crippen LogP contribution in [-0.2, 0) is 14.4 Å². The predicted molar refractivity (Wildman–Crippen MR) is 142 cm³/mol. The van der Waals surface area contributed by atoms with Gasteiger partial charge in [-0.2, -0.15) is 0 Å². The van der Waals surface area contributed by atoms with Crippen molar-refractivity contribution in [2.24, 2.45) is 0 Å². The summed E-state index contributed by atoms with van der Waals surface area (Å²) < 4.78 is 5.49. The van der Waals surface area contributed by atoms with Crippen LogP contribution < -0.4 is 20.3 Å². The molecule has 3 aromatic carbocycles. The fourth-order valence-electron chi connectivity index (χ4n) is 3.45. The normalized spacial score (nSPS) is 14.5. The number of urea groups is 1. The first kappa shape index (κ1) is 26.2. The number of barbiturate groups is 1. The Morgan fingerprint density at radius 3 is 2.41 bits per heavy atom. The van der Waals surface area contributed by atoms with E-state index in [2.05, 4.69) is 10.6 Å². The summed E-state index contributed by atoms with van der Waals surface area (Å²) in [6, 6.07) is 15.0. The van der Waals surface area contributed by atoms with Crippen molar-refractivity contribution in [3.8, 4) is 5.75 Å². The molecule has 3 aromatic rings. The van der Waals surface area contributed by atoms with Gasteiger partial charge in [-0.3, -0.25) is 19.7 Å². The van der Waals surface area contributed by atoms with Gasteiger partial charge in [0.1, 0.15) is 11.3 Å². The fraction of sp³-hybridized carbons (Fsp3) is 0.0769. The van der Waals surface area contributed by atoms with Gasteiger partial charge in [0.15, 0.2) is 6.61 Å². The molecule has 4 rings (SSSR count). The highest BCUT2D eigenvalue weighted by atomic mass is 35.5. The van der Waals surface area contributed by atoms with E-state index in [1.54, 1.807) is 55.5 Å². The van der Waals surface area contributed by atoms with Crippen LogP contribution in [-0.4, -0.2) is 30.4 Å². The Kier molecular flexibility index (Phi) is 7.83. The van der Waals surface area contributed by atoms with Gasteiger partial charge in [0.2, 0.25) is 0 Å². The summed E-state index contributed by atoms with van der Waals surface area (Å²) in [5.41, 5.74) is 1.65. The van der Waals surface area contributed by atoms with Crippen molar-refractivity contribution in [2.45, 2.75) is 6.92 Å². The fourth-order valence-corrected chi connectivity index (χ4v) is 3.91. The molecule has 0 bridgehead atoms. The lowest BCUT2D eigenvalue weighted by Crippen LogP contribution is -2.54. The number of anilines is 2. The number of hydrogen-bond donors (Lipinski definition) is 2. The number of rotatable bonds is 6. The summed E-state index contributed by atoms with van der Waals surface area (Å²) in [6.07, 6.45) is 1.36. The van der Waals surface area contributed by atoms with Gasteiger partial charge in [-0.1, -0.05) is 53.0 Å². The molecule has 0 spiro atoms. The standard InChI is InChI=1S/C26H18Cl3N3O5/c1-14-2-5-16(27)11-22(14)32-25(35)19(24(34)31-26(32)36)10-15-3-7-18(8-4-15)37-13-23(33)30-17-6-9-20(28)21(29)12-17/h2-12H,13H2,1H3,(H,30,33)(H,31,34,36)/b19-10+. The Labute approximate surface area is 226 Å². The number of aryl methyl sites for hydroxylation is 1. The number of imide groups is 2. The highest BCUT2D eigenvalue weighted by Crippen LogP contribution is 2.28. The van der Waals surface area contributed by atoms with Gasteiger partial charge in [0.05, 0.1) is 15.7 Å². The average Bonchev–Trinajstić information content (AvgIpc) is 2.85. The van der Waals surface area contributed by atoms with E-state index in [1.807, 2.05) is 0 Å². The number of amides is 5. The maximum Gasteiger partial charge on any atom is 0.335 e. The second-order valence-electron chi connectivity index (χ2n) is 7.92. The molecule has 8 nitrogen and oxygen atoms in total. The zero-order valence-electron chi connectivity index (χ0n) is 19.2. The Morgan fingerprint density at radius 2 is 1.70 bits per heavy atom. The number of nitrogens with one attached hydrogen (secondary N) is 2. The van der Waals surface area contributed by atoms with Crippen molar-refractivity contribution < 1.29 is 23.9 Å². The van der Waals surface area contributed by atoms with Crippen molar-refractivity contribution in [3.63, 3.8) is 0 Å². The average molecular weight is 559 g/mol. The molecule has 1 aliphatic heterocycles. The van der Waals surface area contributed by atoms with Crippen LogP contribution in [0.25, 0.3) is 6.08 Å². The number of ether oxygens (including phenoxy) is 1. The minimum Gasteiger partial charge on any atom is -0.484 e. The topological polar surface area (TPSA) is 105 Å². The molecule has 5 amide bonds. The largest absolute Gasteiger partial charge is 0.484 e. The Hall–Kier alpha value is -3.85. The number of carbonyl (C=O) groups excluding carboxylic acids is 4. The summed E-state index contributed by atoms with van der Waals surface area (Å²) >= 11 is 17.8. The SMILES string of the molecule is Cc1ccc(Cl)cc1N1C(=O)NC(=O)/C(=C\c2ccc(OCC(=O)Nc3ccc(Cl)c(Cl)c3)cc2)C1=O. The number of hydrogen-bond acceptors (Lipinski definition) is 5. The number of carbonyl (C=O) groups is 4. The van der Waals surface area contributed by atoms with Crippen molar-refractivity contribution in [3.05, 3.63) is 92.4 Å². The smallest absolute Gasteiger partial charge is 0.335 e. The second-order valence-corrected chi connectivity index (χ2v) is 9.17. The molecule has 1 aliphatic rings. The van der Waals surface area contributed by atoms with Crippen LogP contribution in [0.3, 0.4) is 0 Å². The molecule has 2 N–H and O–H groups in total. The minimum absolute atomic E-state index is 0.228. The quantitative estimate of drug-likeness (QED) is 0.301. The molecular weight excluding hydrogens is 541 g/mol. The summed E-state index contributed by atoms with van der Waals surface area (Å²) in [5, 5.41) is 5.84. The maximum absolute atomic E-state index is 13.1. The molecule has 37 heavy (non-hydrogen) atoms. The third-order valence-corrected chi connectivity index (χ3v) is 6.25. The summed E-state index contributed by atoms with van der Waals surface area (Å²) in [4.78, 5) is 51.0. The van der Waals surface area contributed by atoms with Crippen molar-refractivity contribution in [1.29, 1.82) is 0 Å². The molecule has 0 saturated carbocycles. The lowest BCUT2D eigenvalue weighted by Gasteiger charge is -2.27. The van der Waals surface area contributed by atoms with Crippen molar-refractivity contribution in [2.75, 3.05) is 16.8 Å². The van der Waals surface area contributed by atoms with Gasteiger partial charge in [-0.25, -0.2) is 9.69 Å². The number of halogens is 3. The molecular formula is C26H18Cl3N3O5. The van der Waals surface area contributed by atoms with Crippen LogP contribution in [0.5, 0.6) is 5.75 Å². The van der Waals surface area contributed by atoms with Crippen LogP contribution in [0.4, 0.5) is 16.2 Å². The van der Waals surface area contributed by atoms with E-state index >= 15 is 0 Å². The molecule has 1 fully saturated rings. The lowest BCUT2D eigenvalue weighted by molar-refractivity contribution is -0.122. The molecule has 11 heteroatoms. The molecule has 0 aromatic heterocycles. The van der Waals surface area contributed by atoms with Crippen molar-refractivity contribution >= 4 is 76.0 Å². The lowest BCUT2D eigenvalue weighted by atomic mass is 10.1. The monoisotopic (exact) mass is 557 g/mol. The Balaban J connectivity index is 1.44. The zero-order valence-corrected chi connectivity index (χ0v) is 21.4. The molecule has 1 saturated heterocycles. The van der Waals surface area contributed by atoms with E-state index in [4.69, 9.17) is 39.5 Å². The molecule has 0 atom stereocenters. The van der Waals surface area contributed by atoms with Gasteiger partial charge in [-0.15, -0.1) is 0 Å². The van der Waals surface area contributed by atoms with Gasteiger partial charge in [0.25, 0.3) is 17.7 Å². The Morgan fingerprint density at radius 1 is 0.973 bits per heavy atom. The molecule has 0 radical (unpaired) electrons. The van der Waals surface area contributed by atoms with E-state index < -0.39 is 23.8 Å². The Bertz CT molecular complexity index is 1450. The van der Waals surface area contributed by atoms with E-state index in [-0.39, 0.29) is 17.9 Å². The summed E-state index contributed by atoms with van der Waals surface area (Å²) in [7, 11) is 0. The van der Waals surface area contributed by atoms with E-state index in [0.29, 0.717) is 37.6 Å². The number of benzene rings is 3. The van der Waals surface area contributed by atoms with Crippen LogP contribution in [0.2, 0.25) is 15.1 Å². The second kappa shape index (κ2) is 11.0. The van der Waals surface area contributed by atoms with Crippen molar-refractivity contribution in [1.82, 2.24) is 5.32 Å². The third-order valence-electron chi connectivity index (χ3n) is 5.28. The number of nitrogens with zero attached hydrogens (tertiary/aromatic N) is 1. The first-order valence-corrected chi connectivity index (χ1v) is 11.9. The van der Waals surface area contributed by atoms with Gasteiger partial charge >= 0.3 is 6.03 Å². The molecule has 0 unspecified atom stereocenters. The zero-order chi connectivity index (χ0) is 26.7. The van der Waals surface area contributed by atoms with Crippen LogP contribution in [0.1, 0.15) is 11.1 Å². The van der Waals surface area contributed by atoms with E-state index in [9.17, 15) is 19.2 Å². The first-order chi connectivity index (χ1) is 17.6. The summed E-state index contributed by atoms with van der Waals surface area (Å²) in [6.45, 7) is 1.45. The molecule has 0 aliphatic carbocycles. The minimum atomic E-state index is -0.861. The van der Waals surface area contributed by atoms with Crippen LogP contribution >= 0.6 is 34.8 Å². The van der Waals surface area contributed by atoms with Gasteiger partial charge in [-0.05, 0) is 66.6 Å². The predicted octanol–water partition coefficient (Wildman–Crippen LogP) is 5.64. The molecule has 1 heterocycles. The highest BCUT2D eigenvalue weighted by Gasteiger charge is 2.37. The van der Waals surface area contributed by atoms with E-state index in [0.717, 1.165) is 4.90 Å².